The molecule has 0 spiro atoms. The van der Waals surface area contributed by atoms with Crippen molar-refractivity contribution < 1.29 is 18.3 Å². The summed E-state index contributed by atoms with van der Waals surface area (Å²) in [7, 11) is 0. The van der Waals surface area contributed by atoms with Crippen molar-refractivity contribution in [3.8, 4) is 0 Å². The first-order chi connectivity index (χ1) is 9.96. The monoisotopic (exact) mass is 313 g/mol. The van der Waals surface area contributed by atoms with Crippen LogP contribution in [0.1, 0.15) is 11.1 Å². The molecule has 0 bridgehead atoms. The Morgan fingerprint density at radius 3 is 2.00 bits per heavy atom. The van der Waals surface area contributed by atoms with E-state index >= 15 is 0 Å². The summed E-state index contributed by atoms with van der Waals surface area (Å²) >= 11 is -0.116. The van der Waals surface area contributed by atoms with Gasteiger partial charge in [0.1, 0.15) is 0 Å². The number of anilines is 1. The first-order valence-electron chi connectivity index (χ1n) is 6.24. The van der Waals surface area contributed by atoms with Crippen LogP contribution < -0.4 is 5.32 Å². The minimum Gasteiger partial charge on any atom is -0.392 e. The zero-order chi connectivity index (χ0) is 15.3. The summed E-state index contributed by atoms with van der Waals surface area (Å²) in [5.74, 6) is 0. The molecular weight excluding hydrogens is 299 g/mol. The molecule has 0 saturated heterocycles. The van der Waals surface area contributed by atoms with Gasteiger partial charge in [-0.05, 0) is 47.2 Å². The van der Waals surface area contributed by atoms with Crippen LogP contribution in [0, 0.1) is 0 Å². The van der Waals surface area contributed by atoms with Crippen molar-refractivity contribution >= 4 is 17.4 Å². The highest BCUT2D eigenvalue weighted by atomic mass is 32.2. The SMILES string of the molecule is OCc1ccc(NCc2ccc(SC(F)(F)F)cc2)cc1. The van der Waals surface area contributed by atoms with Crippen LogP contribution in [-0.4, -0.2) is 10.6 Å². The van der Waals surface area contributed by atoms with E-state index in [1.54, 1.807) is 12.1 Å². The van der Waals surface area contributed by atoms with Crippen LogP contribution in [0.2, 0.25) is 0 Å². The largest absolute Gasteiger partial charge is 0.446 e. The van der Waals surface area contributed by atoms with E-state index in [1.807, 2.05) is 24.3 Å². The molecule has 0 amide bonds. The fourth-order valence-corrected chi connectivity index (χ4v) is 2.28. The van der Waals surface area contributed by atoms with Crippen LogP contribution in [0.4, 0.5) is 18.9 Å². The van der Waals surface area contributed by atoms with Crippen molar-refractivity contribution in [2.24, 2.45) is 0 Å². The van der Waals surface area contributed by atoms with E-state index in [4.69, 9.17) is 5.11 Å². The Bertz CT molecular complexity index is 567. The average Bonchev–Trinajstić information content (AvgIpc) is 2.45. The highest BCUT2D eigenvalue weighted by Gasteiger charge is 2.28. The second-order valence-corrected chi connectivity index (χ2v) is 5.54. The van der Waals surface area contributed by atoms with Crippen molar-refractivity contribution in [3.63, 3.8) is 0 Å². The summed E-state index contributed by atoms with van der Waals surface area (Å²) in [5, 5.41) is 12.1. The molecule has 0 radical (unpaired) electrons. The number of hydrogen-bond donors (Lipinski definition) is 2. The van der Waals surface area contributed by atoms with Gasteiger partial charge in [0, 0.05) is 17.1 Å². The van der Waals surface area contributed by atoms with Crippen molar-refractivity contribution in [2.45, 2.75) is 23.6 Å². The van der Waals surface area contributed by atoms with E-state index in [-0.39, 0.29) is 23.3 Å². The Morgan fingerprint density at radius 1 is 0.905 bits per heavy atom. The highest BCUT2D eigenvalue weighted by Crippen LogP contribution is 2.36. The highest BCUT2D eigenvalue weighted by molar-refractivity contribution is 8.00. The molecule has 2 aromatic rings. The number of alkyl halides is 3. The number of hydrogen-bond acceptors (Lipinski definition) is 3. The maximum Gasteiger partial charge on any atom is 0.446 e. The Labute approximate surface area is 125 Å². The fraction of sp³-hybridized carbons (Fsp3) is 0.200. The number of nitrogens with one attached hydrogen (secondary N) is 1. The van der Waals surface area contributed by atoms with Gasteiger partial charge >= 0.3 is 5.51 Å². The Morgan fingerprint density at radius 2 is 1.48 bits per heavy atom. The van der Waals surface area contributed by atoms with Crippen molar-refractivity contribution in [2.75, 3.05) is 5.32 Å². The zero-order valence-corrected chi connectivity index (χ0v) is 11.8. The molecule has 0 atom stereocenters. The van der Waals surface area contributed by atoms with Crippen molar-refractivity contribution in [3.05, 3.63) is 59.7 Å². The molecule has 2 N–H and O–H groups in total. The first kappa shape index (κ1) is 15.7. The third-order valence-corrected chi connectivity index (χ3v) is 3.53. The van der Waals surface area contributed by atoms with Crippen LogP contribution in [0.3, 0.4) is 0 Å². The van der Waals surface area contributed by atoms with Crippen LogP contribution in [0.5, 0.6) is 0 Å². The molecule has 2 nitrogen and oxygen atoms in total. The van der Waals surface area contributed by atoms with Gasteiger partial charge in [-0.15, -0.1) is 0 Å². The summed E-state index contributed by atoms with van der Waals surface area (Å²) in [6.07, 6.45) is 0. The average molecular weight is 313 g/mol. The molecule has 0 aromatic heterocycles. The Hall–Kier alpha value is -1.66. The van der Waals surface area contributed by atoms with Gasteiger partial charge in [-0.1, -0.05) is 24.3 Å². The van der Waals surface area contributed by atoms with Gasteiger partial charge in [-0.2, -0.15) is 13.2 Å². The minimum atomic E-state index is -4.26. The number of thioether (sulfide) groups is 1. The predicted octanol–water partition coefficient (Wildman–Crippen LogP) is 4.40. The molecule has 0 aliphatic rings. The van der Waals surface area contributed by atoms with Gasteiger partial charge in [0.25, 0.3) is 0 Å². The third-order valence-electron chi connectivity index (χ3n) is 2.79. The molecule has 6 heteroatoms. The zero-order valence-electron chi connectivity index (χ0n) is 11.0. The summed E-state index contributed by atoms with van der Waals surface area (Å²) in [5.41, 5.74) is -1.64. The molecule has 0 heterocycles. The lowest BCUT2D eigenvalue weighted by molar-refractivity contribution is -0.0328. The van der Waals surface area contributed by atoms with Crippen LogP contribution in [-0.2, 0) is 13.2 Å². The molecule has 0 aliphatic carbocycles. The van der Waals surface area contributed by atoms with Gasteiger partial charge < -0.3 is 10.4 Å². The predicted molar refractivity (Wildman–Crippen MR) is 78.0 cm³/mol. The molecule has 2 aromatic carbocycles. The second-order valence-electron chi connectivity index (χ2n) is 4.40. The molecule has 21 heavy (non-hydrogen) atoms. The summed E-state index contributed by atoms with van der Waals surface area (Å²) in [4.78, 5) is 0.179. The molecule has 0 aliphatic heterocycles. The summed E-state index contributed by atoms with van der Waals surface area (Å²) < 4.78 is 36.6. The topological polar surface area (TPSA) is 32.3 Å². The lowest BCUT2D eigenvalue weighted by Gasteiger charge is -2.09. The van der Waals surface area contributed by atoms with Gasteiger partial charge in [0.05, 0.1) is 6.61 Å². The van der Waals surface area contributed by atoms with Crippen molar-refractivity contribution in [1.29, 1.82) is 0 Å². The standard InChI is InChI=1S/C15H14F3NOS/c16-15(17,18)21-14-7-3-11(4-8-14)9-19-13-5-1-12(10-20)2-6-13/h1-8,19-20H,9-10H2. The smallest absolute Gasteiger partial charge is 0.392 e. The number of aliphatic hydroxyl groups excluding tert-OH is 1. The quantitative estimate of drug-likeness (QED) is 0.802. The Balaban J connectivity index is 1.91. The van der Waals surface area contributed by atoms with E-state index in [9.17, 15) is 13.2 Å². The Kier molecular flexibility index (Phi) is 5.14. The second kappa shape index (κ2) is 6.87. The lowest BCUT2D eigenvalue weighted by atomic mass is 10.2. The maximum atomic E-state index is 12.2. The summed E-state index contributed by atoms with van der Waals surface area (Å²) in [6.45, 7) is 0.522. The van der Waals surface area contributed by atoms with Gasteiger partial charge in [0.15, 0.2) is 0 Å². The molecule has 0 fully saturated rings. The molecular formula is C15H14F3NOS. The van der Waals surface area contributed by atoms with E-state index in [0.29, 0.717) is 6.54 Å². The third kappa shape index (κ3) is 5.32. The van der Waals surface area contributed by atoms with Crippen LogP contribution in [0.25, 0.3) is 0 Å². The molecule has 112 valence electrons. The van der Waals surface area contributed by atoms with Crippen LogP contribution >= 0.6 is 11.8 Å². The van der Waals surface area contributed by atoms with E-state index < -0.39 is 5.51 Å². The van der Waals surface area contributed by atoms with E-state index in [2.05, 4.69) is 5.32 Å². The molecule has 0 unspecified atom stereocenters. The van der Waals surface area contributed by atoms with Crippen molar-refractivity contribution in [1.82, 2.24) is 0 Å². The number of rotatable bonds is 5. The van der Waals surface area contributed by atoms with E-state index in [0.717, 1.165) is 16.8 Å². The van der Waals surface area contributed by atoms with Crippen LogP contribution in [0.15, 0.2) is 53.4 Å². The van der Waals surface area contributed by atoms with Gasteiger partial charge in [-0.25, -0.2) is 0 Å². The number of benzene rings is 2. The lowest BCUT2D eigenvalue weighted by Crippen LogP contribution is -2.01. The number of aliphatic hydroxyl groups is 1. The van der Waals surface area contributed by atoms with Gasteiger partial charge in [-0.3, -0.25) is 0 Å². The first-order valence-corrected chi connectivity index (χ1v) is 7.06. The molecule has 2 rings (SSSR count). The van der Waals surface area contributed by atoms with Gasteiger partial charge in [0.2, 0.25) is 0 Å². The van der Waals surface area contributed by atoms with E-state index in [1.165, 1.54) is 12.1 Å². The summed E-state index contributed by atoms with van der Waals surface area (Å²) in [6, 6.07) is 13.6. The minimum absolute atomic E-state index is 0.00137. The normalized spacial score (nSPS) is 11.4. The maximum absolute atomic E-state index is 12.2. The molecule has 0 saturated carbocycles. The fourth-order valence-electron chi connectivity index (χ4n) is 1.74. The number of halogens is 3.